The van der Waals surface area contributed by atoms with Crippen molar-refractivity contribution in [3.05, 3.63) is 64.9 Å². The number of amides is 3. The Bertz CT molecular complexity index is 974. The third-order valence-electron chi connectivity index (χ3n) is 5.60. The molecule has 2 heterocycles. The first-order chi connectivity index (χ1) is 14.9. The first-order valence-corrected chi connectivity index (χ1v) is 10.6. The van der Waals surface area contributed by atoms with Crippen molar-refractivity contribution in [2.45, 2.75) is 37.8 Å². The molecule has 0 radical (unpaired) electrons. The molecule has 2 aromatic rings. The molecule has 3 amide bonds. The van der Waals surface area contributed by atoms with Gasteiger partial charge >= 0.3 is 0 Å². The summed E-state index contributed by atoms with van der Waals surface area (Å²) in [6.45, 7) is 0.858. The van der Waals surface area contributed by atoms with Crippen molar-refractivity contribution < 1.29 is 23.5 Å². The van der Waals surface area contributed by atoms with Gasteiger partial charge in [-0.05, 0) is 54.8 Å². The molecule has 2 unspecified atom stereocenters. The molecule has 0 aromatic heterocycles. The minimum absolute atomic E-state index is 0.0818. The molecular formula is C23H22ClFN2O4. The van der Waals surface area contributed by atoms with E-state index in [0.29, 0.717) is 17.3 Å². The van der Waals surface area contributed by atoms with Gasteiger partial charge in [0.1, 0.15) is 11.9 Å². The van der Waals surface area contributed by atoms with Gasteiger partial charge in [-0.3, -0.25) is 14.4 Å². The average Bonchev–Trinajstić information content (AvgIpc) is 3.36. The first-order valence-electron chi connectivity index (χ1n) is 10.2. The molecule has 2 aromatic carbocycles. The SMILES string of the molecule is O=C1CC(N(CC2CCCO2)C(=O)Cc2ccc(Cl)cc2)C(=O)N1c1ccc(F)cc1. The second-order valence-electron chi connectivity index (χ2n) is 7.75. The molecule has 4 rings (SSSR count). The van der Waals surface area contributed by atoms with Crippen LogP contribution in [0.4, 0.5) is 10.1 Å². The first kappa shape index (κ1) is 21.5. The Morgan fingerprint density at radius 3 is 2.48 bits per heavy atom. The molecule has 0 aliphatic carbocycles. The van der Waals surface area contributed by atoms with Crippen molar-refractivity contribution in [3.8, 4) is 0 Å². The number of rotatable bonds is 6. The maximum Gasteiger partial charge on any atom is 0.257 e. The maximum absolute atomic E-state index is 13.3. The van der Waals surface area contributed by atoms with Crippen molar-refractivity contribution in [2.24, 2.45) is 0 Å². The zero-order valence-electron chi connectivity index (χ0n) is 16.8. The summed E-state index contributed by atoms with van der Waals surface area (Å²) in [7, 11) is 0. The van der Waals surface area contributed by atoms with Crippen molar-refractivity contribution >= 4 is 35.0 Å². The van der Waals surface area contributed by atoms with Gasteiger partial charge in [-0.2, -0.15) is 0 Å². The Morgan fingerprint density at radius 1 is 1.13 bits per heavy atom. The van der Waals surface area contributed by atoms with Crippen LogP contribution in [0.25, 0.3) is 0 Å². The van der Waals surface area contributed by atoms with Gasteiger partial charge in [-0.1, -0.05) is 23.7 Å². The van der Waals surface area contributed by atoms with Gasteiger partial charge in [0.25, 0.3) is 5.91 Å². The highest BCUT2D eigenvalue weighted by Gasteiger charge is 2.45. The number of anilines is 1. The summed E-state index contributed by atoms with van der Waals surface area (Å²) in [4.78, 5) is 41.6. The van der Waals surface area contributed by atoms with E-state index in [1.54, 1.807) is 24.3 Å². The summed E-state index contributed by atoms with van der Waals surface area (Å²) in [6.07, 6.45) is 1.48. The highest BCUT2D eigenvalue weighted by molar-refractivity contribution is 6.30. The lowest BCUT2D eigenvalue weighted by Gasteiger charge is -2.30. The number of nitrogens with zero attached hydrogens (tertiary/aromatic N) is 2. The molecule has 2 saturated heterocycles. The maximum atomic E-state index is 13.3. The minimum Gasteiger partial charge on any atom is -0.376 e. The van der Waals surface area contributed by atoms with E-state index in [1.807, 2.05) is 0 Å². The molecule has 8 heteroatoms. The highest BCUT2D eigenvalue weighted by atomic mass is 35.5. The predicted molar refractivity (Wildman–Crippen MR) is 113 cm³/mol. The molecule has 0 bridgehead atoms. The molecule has 0 N–H and O–H groups in total. The topological polar surface area (TPSA) is 66.9 Å². The van der Waals surface area contributed by atoms with E-state index in [2.05, 4.69) is 0 Å². The van der Waals surface area contributed by atoms with Crippen LogP contribution >= 0.6 is 11.6 Å². The number of hydrogen-bond acceptors (Lipinski definition) is 4. The molecule has 162 valence electrons. The summed E-state index contributed by atoms with van der Waals surface area (Å²) >= 11 is 5.92. The van der Waals surface area contributed by atoms with Crippen LogP contribution in [0.5, 0.6) is 0 Å². The fourth-order valence-corrected chi connectivity index (χ4v) is 4.14. The van der Waals surface area contributed by atoms with E-state index in [9.17, 15) is 18.8 Å². The fourth-order valence-electron chi connectivity index (χ4n) is 4.01. The number of halogens is 2. The summed E-state index contributed by atoms with van der Waals surface area (Å²) in [6, 6.07) is 11.2. The summed E-state index contributed by atoms with van der Waals surface area (Å²) in [5.41, 5.74) is 1.06. The van der Waals surface area contributed by atoms with E-state index < -0.39 is 23.7 Å². The monoisotopic (exact) mass is 444 g/mol. The van der Waals surface area contributed by atoms with Crippen LogP contribution in [0.15, 0.2) is 48.5 Å². The van der Waals surface area contributed by atoms with E-state index in [4.69, 9.17) is 16.3 Å². The molecule has 2 aliphatic heterocycles. The molecule has 6 nitrogen and oxygen atoms in total. The Hall–Kier alpha value is -2.77. The average molecular weight is 445 g/mol. The number of carbonyl (C=O) groups excluding carboxylic acids is 3. The van der Waals surface area contributed by atoms with Gasteiger partial charge in [-0.25, -0.2) is 9.29 Å². The van der Waals surface area contributed by atoms with Crippen molar-refractivity contribution in [3.63, 3.8) is 0 Å². The Morgan fingerprint density at radius 2 is 1.84 bits per heavy atom. The van der Waals surface area contributed by atoms with E-state index in [0.717, 1.165) is 23.3 Å². The van der Waals surface area contributed by atoms with Crippen molar-refractivity contribution in [1.82, 2.24) is 4.90 Å². The van der Waals surface area contributed by atoms with E-state index in [-0.39, 0.29) is 31.4 Å². The third kappa shape index (κ3) is 4.78. The summed E-state index contributed by atoms with van der Waals surface area (Å²) in [5, 5.41) is 0.568. The lowest BCUT2D eigenvalue weighted by molar-refractivity contribution is -0.139. The number of hydrogen-bond donors (Lipinski definition) is 0. The molecule has 0 spiro atoms. The highest BCUT2D eigenvalue weighted by Crippen LogP contribution is 2.28. The largest absolute Gasteiger partial charge is 0.376 e. The van der Waals surface area contributed by atoms with Crippen LogP contribution in [0.1, 0.15) is 24.8 Å². The predicted octanol–water partition coefficient (Wildman–Crippen LogP) is 3.36. The molecule has 2 atom stereocenters. The number of carbonyl (C=O) groups is 3. The molecule has 2 aliphatic rings. The van der Waals surface area contributed by atoms with Gasteiger partial charge in [0.15, 0.2) is 0 Å². The Labute approximate surface area is 184 Å². The summed E-state index contributed by atoms with van der Waals surface area (Å²) in [5.74, 6) is -1.63. The number of benzene rings is 2. The van der Waals surface area contributed by atoms with Gasteiger partial charge in [0.05, 0.1) is 24.6 Å². The zero-order chi connectivity index (χ0) is 22.0. The van der Waals surface area contributed by atoms with Crippen LogP contribution in [-0.2, 0) is 25.5 Å². The second kappa shape index (κ2) is 9.16. The van der Waals surface area contributed by atoms with Crippen LogP contribution in [-0.4, -0.2) is 47.9 Å². The van der Waals surface area contributed by atoms with Crippen LogP contribution in [0.3, 0.4) is 0 Å². The molecular weight excluding hydrogens is 423 g/mol. The van der Waals surface area contributed by atoms with E-state index in [1.165, 1.54) is 29.2 Å². The lowest BCUT2D eigenvalue weighted by atomic mass is 10.1. The van der Waals surface area contributed by atoms with Crippen LogP contribution in [0.2, 0.25) is 5.02 Å². The quantitative estimate of drug-likeness (QED) is 0.641. The fraction of sp³-hybridized carbons (Fsp3) is 0.348. The third-order valence-corrected chi connectivity index (χ3v) is 5.85. The Balaban J connectivity index is 1.57. The van der Waals surface area contributed by atoms with Gasteiger partial charge < -0.3 is 9.64 Å². The number of ether oxygens (including phenoxy) is 1. The normalized spacial score (nSPS) is 21.0. The summed E-state index contributed by atoms with van der Waals surface area (Å²) < 4.78 is 19.0. The van der Waals surface area contributed by atoms with Gasteiger partial charge in [-0.15, -0.1) is 0 Å². The van der Waals surface area contributed by atoms with E-state index >= 15 is 0 Å². The second-order valence-corrected chi connectivity index (χ2v) is 8.18. The zero-order valence-corrected chi connectivity index (χ0v) is 17.6. The lowest BCUT2D eigenvalue weighted by Crippen LogP contribution is -2.49. The van der Waals surface area contributed by atoms with Crippen molar-refractivity contribution in [2.75, 3.05) is 18.1 Å². The Kier molecular flexibility index (Phi) is 6.34. The number of imide groups is 1. The standard InChI is InChI=1S/C23H22ClFN2O4/c24-16-5-3-15(4-6-16)12-21(28)26(14-19-2-1-11-31-19)20-13-22(29)27(23(20)30)18-9-7-17(25)8-10-18/h3-10,19-20H,1-2,11-14H2. The van der Waals surface area contributed by atoms with Crippen LogP contribution in [0, 0.1) is 5.82 Å². The van der Waals surface area contributed by atoms with Crippen LogP contribution < -0.4 is 4.90 Å². The molecule has 31 heavy (non-hydrogen) atoms. The molecule has 0 saturated carbocycles. The van der Waals surface area contributed by atoms with Gasteiger partial charge in [0.2, 0.25) is 11.8 Å². The van der Waals surface area contributed by atoms with Gasteiger partial charge in [0, 0.05) is 18.2 Å². The minimum atomic E-state index is -0.915. The smallest absolute Gasteiger partial charge is 0.257 e. The molecule has 2 fully saturated rings. The van der Waals surface area contributed by atoms with Crippen molar-refractivity contribution in [1.29, 1.82) is 0 Å².